The number of methoxy groups -OCH3 is 1. The van der Waals surface area contributed by atoms with E-state index in [4.69, 9.17) is 10.5 Å². The topological polar surface area (TPSA) is 35.2 Å². The van der Waals surface area contributed by atoms with E-state index in [2.05, 4.69) is 18.8 Å². The van der Waals surface area contributed by atoms with Crippen LogP contribution in [0, 0.1) is 11.8 Å². The third-order valence-electron chi connectivity index (χ3n) is 2.07. The Balaban J connectivity index is 2.70. The first kappa shape index (κ1) is 11.6. The van der Waals surface area contributed by atoms with Crippen LogP contribution in [0.25, 0.3) is 0 Å². The van der Waals surface area contributed by atoms with Gasteiger partial charge >= 0.3 is 0 Å². The Labute approximate surface area is 91.4 Å². The van der Waals surface area contributed by atoms with Gasteiger partial charge in [-0.25, -0.2) is 0 Å². The summed E-state index contributed by atoms with van der Waals surface area (Å²) in [6.45, 7) is 2.10. The largest absolute Gasteiger partial charge is 0.497 e. The number of hydrogen-bond acceptors (Lipinski definition) is 2. The van der Waals surface area contributed by atoms with Gasteiger partial charge in [0.15, 0.2) is 0 Å². The van der Waals surface area contributed by atoms with E-state index in [0.717, 1.165) is 24.2 Å². The fourth-order valence-corrected chi connectivity index (χ4v) is 1.26. The highest BCUT2D eigenvalue weighted by Crippen LogP contribution is 2.11. The van der Waals surface area contributed by atoms with Gasteiger partial charge in [-0.2, -0.15) is 0 Å². The SMILES string of the molecule is CCCC(N)C#Cc1cccc(OC)c1. The smallest absolute Gasteiger partial charge is 0.120 e. The van der Waals surface area contributed by atoms with Crippen molar-refractivity contribution in [3.63, 3.8) is 0 Å². The number of hydrogen-bond donors (Lipinski definition) is 1. The van der Waals surface area contributed by atoms with E-state index in [0.29, 0.717) is 0 Å². The second-order valence-corrected chi connectivity index (χ2v) is 3.40. The summed E-state index contributed by atoms with van der Waals surface area (Å²) in [4.78, 5) is 0. The fraction of sp³-hybridized carbons (Fsp3) is 0.385. The molecule has 1 unspecified atom stereocenters. The fourth-order valence-electron chi connectivity index (χ4n) is 1.26. The summed E-state index contributed by atoms with van der Waals surface area (Å²) in [5.41, 5.74) is 6.74. The zero-order valence-electron chi connectivity index (χ0n) is 9.29. The molecule has 80 valence electrons. The second-order valence-electron chi connectivity index (χ2n) is 3.40. The first-order valence-electron chi connectivity index (χ1n) is 5.17. The van der Waals surface area contributed by atoms with E-state index < -0.39 is 0 Å². The lowest BCUT2D eigenvalue weighted by Crippen LogP contribution is -2.16. The van der Waals surface area contributed by atoms with Crippen LogP contribution >= 0.6 is 0 Å². The first-order valence-corrected chi connectivity index (χ1v) is 5.17. The van der Waals surface area contributed by atoms with Crippen molar-refractivity contribution in [2.45, 2.75) is 25.8 Å². The summed E-state index contributed by atoms with van der Waals surface area (Å²) < 4.78 is 5.11. The van der Waals surface area contributed by atoms with Crippen LogP contribution in [0.15, 0.2) is 24.3 Å². The van der Waals surface area contributed by atoms with Crippen LogP contribution in [0.4, 0.5) is 0 Å². The third kappa shape index (κ3) is 4.05. The van der Waals surface area contributed by atoms with E-state index >= 15 is 0 Å². The van der Waals surface area contributed by atoms with Gasteiger partial charge in [-0.15, -0.1) is 0 Å². The highest BCUT2D eigenvalue weighted by molar-refractivity contribution is 5.40. The predicted octanol–water partition coefficient (Wildman–Crippen LogP) is 2.17. The molecule has 0 bridgehead atoms. The van der Waals surface area contributed by atoms with Crippen molar-refractivity contribution in [1.82, 2.24) is 0 Å². The van der Waals surface area contributed by atoms with Gasteiger partial charge in [-0.05, 0) is 24.6 Å². The normalized spacial score (nSPS) is 11.4. The highest BCUT2D eigenvalue weighted by atomic mass is 16.5. The summed E-state index contributed by atoms with van der Waals surface area (Å²) in [6.07, 6.45) is 2.00. The molecule has 1 aromatic rings. The molecule has 0 aliphatic heterocycles. The maximum Gasteiger partial charge on any atom is 0.120 e. The van der Waals surface area contributed by atoms with Crippen LogP contribution in [0.1, 0.15) is 25.3 Å². The molecule has 0 spiro atoms. The van der Waals surface area contributed by atoms with Gasteiger partial charge in [0, 0.05) is 5.56 Å². The molecular formula is C13H17NO. The lowest BCUT2D eigenvalue weighted by atomic mass is 10.1. The van der Waals surface area contributed by atoms with Crippen molar-refractivity contribution in [3.8, 4) is 17.6 Å². The quantitative estimate of drug-likeness (QED) is 0.764. The standard InChI is InChI=1S/C13H17NO/c1-3-5-12(14)9-8-11-6-4-7-13(10-11)15-2/h4,6-7,10,12H,3,5,14H2,1-2H3. The Morgan fingerprint density at radius 1 is 1.47 bits per heavy atom. The Morgan fingerprint density at radius 2 is 2.27 bits per heavy atom. The summed E-state index contributed by atoms with van der Waals surface area (Å²) in [5, 5.41) is 0. The molecule has 1 atom stereocenters. The van der Waals surface area contributed by atoms with Gasteiger partial charge in [0.2, 0.25) is 0 Å². The molecule has 0 heterocycles. The number of rotatable bonds is 3. The maximum atomic E-state index is 5.80. The second kappa shape index (κ2) is 6.10. The minimum Gasteiger partial charge on any atom is -0.497 e. The molecule has 1 rings (SSSR count). The molecule has 2 heteroatoms. The molecule has 2 N–H and O–H groups in total. The molecule has 0 aliphatic carbocycles. The third-order valence-corrected chi connectivity index (χ3v) is 2.07. The highest BCUT2D eigenvalue weighted by Gasteiger charge is 1.94. The van der Waals surface area contributed by atoms with E-state index in [1.165, 1.54) is 0 Å². The molecule has 1 aromatic carbocycles. The first-order chi connectivity index (χ1) is 7.26. The summed E-state index contributed by atoms with van der Waals surface area (Å²) in [5.74, 6) is 6.90. The number of benzene rings is 1. The van der Waals surface area contributed by atoms with E-state index in [1.807, 2.05) is 24.3 Å². The zero-order chi connectivity index (χ0) is 11.1. The molecule has 0 amide bonds. The van der Waals surface area contributed by atoms with E-state index in [1.54, 1.807) is 7.11 Å². The average Bonchev–Trinajstić information content (AvgIpc) is 2.27. The van der Waals surface area contributed by atoms with E-state index in [-0.39, 0.29) is 6.04 Å². The minimum atomic E-state index is -0.0267. The number of ether oxygens (including phenoxy) is 1. The molecule has 0 saturated heterocycles. The minimum absolute atomic E-state index is 0.0267. The van der Waals surface area contributed by atoms with Crippen LogP contribution in [0.5, 0.6) is 5.75 Å². The molecular weight excluding hydrogens is 186 g/mol. The predicted molar refractivity (Wildman–Crippen MR) is 62.8 cm³/mol. The van der Waals surface area contributed by atoms with Gasteiger partial charge in [0.05, 0.1) is 13.2 Å². The Kier molecular flexibility index (Phi) is 4.73. The van der Waals surface area contributed by atoms with Gasteiger partial charge in [-0.1, -0.05) is 31.3 Å². The Hall–Kier alpha value is -1.46. The molecule has 0 fully saturated rings. The maximum absolute atomic E-state index is 5.80. The van der Waals surface area contributed by atoms with Crippen molar-refractivity contribution in [1.29, 1.82) is 0 Å². The summed E-state index contributed by atoms with van der Waals surface area (Å²) in [7, 11) is 1.65. The lowest BCUT2D eigenvalue weighted by Gasteiger charge is -2.00. The van der Waals surface area contributed by atoms with Crippen molar-refractivity contribution < 1.29 is 4.74 Å². The van der Waals surface area contributed by atoms with Gasteiger partial charge in [-0.3, -0.25) is 0 Å². The zero-order valence-corrected chi connectivity index (χ0v) is 9.29. The van der Waals surface area contributed by atoms with Crippen LogP contribution in [0.3, 0.4) is 0 Å². The monoisotopic (exact) mass is 203 g/mol. The molecule has 0 saturated carbocycles. The molecule has 2 nitrogen and oxygen atoms in total. The van der Waals surface area contributed by atoms with Crippen molar-refractivity contribution in [2.75, 3.05) is 7.11 Å². The lowest BCUT2D eigenvalue weighted by molar-refractivity contribution is 0.414. The van der Waals surface area contributed by atoms with Gasteiger partial charge in [0.25, 0.3) is 0 Å². The van der Waals surface area contributed by atoms with Crippen molar-refractivity contribution >= 4 is 0 Å². The van der Waals surface area contributed by atoms with Crippen molar-refractivity contribution in [2.24, 2.45) is 5.73 Å². The number of nitrogens with two attached hydrogens (primary N) is 1. The Bertz CT molecular complexity index is 362. The van der Waals surface area contributed by atoms with Crippen LogP contribution in [0.2, 0.25) is 0 Å². The molecule has 15 heavy (non-hydrogen) atoms. The molecule has 0 aromatic heterocycles. The summed E-state index contributed by atoms with van der Waals surface area (Å²) >= 11 is 0. The van der Waals surface area contributed by atoms with Gasteiger partial charge in [0.1, 0.15) is 5.75 Å². The van der Waals surface area contributed by atoms with Crippen LogP contribution in [-0.4, -0.2) is 13.2 Å². The molecule has 0 radical (unpaired) electrons. The average molecular weight is 203 g/mol. The van der Waals surface area contributed by atoms with E-state index in [9.17, 15) is 0 Å². The van der Waals surface area contributed by atoms with Gasteiger partial charge < -0.3 is 10.5 Å². The van der Waals surface area contributed by atoms with Crippen LogP contribution in [-0.2, 0) is 0 Å². The summed E-state index contributed by atoms with van der Waals surface area (Å²) in [6, 6.07) is 7.66. The van der Waals surface area contributed by atoms with Crippen LogP contribution < -0.4 is 10.5 Å². The molecule has 0 aliphatic rings. The Morgan fingerprint density at radius 3 is 2.93 bits per heavy atom. The van der Waals surface area contributed by atoms with Crippen molar-refractivity contribution in [3.05, 3.63) is 29.8 Å².